The van der Waals surface area contributed by atoms with Crippen LogP contribution in [0, 0.1) is 0 Å². The van der Waals surface area contributed by atoms with Crippen molar-refractivity contribution >= 4 is 17.5 Å². The molecule has 0 aromatic carbocycles. The first-order valence-corrected chi connectivity index (χ1v) is 2.99. The molecule has 68 valence electrons. The zero-order valence-electron chi connectivity index (χ0n) is 6.73. The molecule has 0 atom stereocenters. The number of hydrogen-bond acceptors (Lipinski definition) is 6. The predicted molar refractivity (Wildman–Crippen MR) is 38.1 cm³/mol. The minimum Gasteiger partial charge on any atom is -0.464 e. The van der Waals surface area contributed by atoms with E-state index in [0.29, 0.717) is 0 Å². The van der Waals surface area contributed by atoms with E-state index < -0.39 is 17.5 Å². The third-order valence-corrected chi connectivity index (χ3v) is 1.02. The summed E-state index contributed by atoms with van der Waals surface area (Å²) >= 11 is 0. The largest absolute Gasteiger partial charge is 0.464 e. The van der Waals surface area contributed by atoms with Crippen LogP contribution in [0.15, 0.2) is 5.16 Å². The van der Waals surface area contributed by atoms with Gasteiger partial charge in [0.05, 0.1) is 7.11 Å². The average molecular weight is 175 g/mol. The zero-order chi connectivity index (χ0) is 9.56. The standard InChI is InChI=1S/C6H9NO5/c1-11-3-4(8)5(7-10)6(9)12-2/h10H,3H2,1-2H3. The minimum absolute atomic E-state index is 0.325. The van der Waals surface area contributed by atoms with Gasteiger partial charge in [0.25, 0.3) is 0 Å². The highest BCUT2D eigenvalue weighted by Crippen LogP contribution is 1.86. The first kappa shape index (κ1) is 10.6. The Balaban J connectivity index is 4.37. The second kappa shape index (κ2) is 5.25. The summed E-state index contributed by atoms with van der Waals surface area (Å²) in [7, 11) is 2.36. The van der Waals surface area contributed by atoms with Crippen molar-refractivity contribution < 1.29 is 24.3 Å². The molecule has 0 unspecified atom stereocenters. The number of methoxy groups -OCH3 is 2. The van der Waals surface area contributed by atoms with Gasteiger partial charge in [-0.25, -0.2) is 4.79 Å². The second-order valence-corrected chi connectivity index (χ2v) is 1.80. The SMILES string of the molecule is COCC(=O)C(=NO)C(=O)OC. The van der Waals surface area contributed by atoms with E-state index >= 15 is 0 Å². The number of ether oxygens (including phenoxy) is 2. The summed E-state index contributed by atoms with van der Waals surface area (Å²) in [6.07, 6.45) is 0. The van der Waals surface area contributed by atoms with Crippen LogP contribution in [0.25, 0.3) is 0 Å². The highest BCUT2D eigenvalue weighted by molar-refractivity contribution is 6.64. The van der Waals surface area contributed by atoms with Crippen molar-refractivity contribution in [2.24, 2.45) is 5.16 Å². The van der Waals surface area contributed by atoms with E-state index in [1.807, 2.05) is 0 Å². The Bertz CT molecular complexity index is 210. The Morgan fingerprint density at radius 1 is 1.42 bits per heavy atom. The van der Waals surface area contributed by atoms with Crippen LogP contribution < -0.4 is 0 Å². The molecule has 0 rings (SSSR count). The van der Waals surface area contributed by atoms with Crippen molar-refractivity contribution in [2.45, 2.75) is 0 Å². The van der Waals surface area contributed by atoms with Crippen LogP contribution in [0.1, 0.15) is 0 Å². The van der Waals surface area contributed by atoms with Gasteiger partial charge >= 0.3 is 5.97 Å². The van der Waals surface area contributed by atoms with Crippen LogP contribution in [0.3, 0.4) is 0 Å². The molecule has 0 saturated heterocycles. The summed E-state index contributed by atoms with van der Waals surface area (Å²) in [5.74, 6) is -1.72. The molecule has 0 aliphatic carbocycles. The van der Waals surface area contributed by atoms with Crippen molar-refractivity contribution in [1.82, 2.24) is 0 Å². The average Bonchev–Trinajstić information content (AvgIpc) is 2.06. The molecule has 0 saturated carbocycles. The smallest absolute Gasteiger partial charge is 0.363 e. The molecule has 0 heterocycles. The van der Waals surface area contributed by atoms with Crippen molar-refractivity contribution in [3.8, 4) is 0 Å². The van der Waals surface area contributed by atoms with E-state index in [1.54, 1.807) is 0 Å². The number of oxime groups is 1. The van der Waals surface area contributed by atoms with Crippen molar-refractivity contribution in [1.29, 1.82) is 0 Å². The van der Waals surface area contributed by atoms with E-state index in [0.717, 1.165) is 7.11 Å². The minimum atomic E-state index is -0.987. The van der Waals surface area contributed by atoms with Crippen LogP contribution in [0.4, 0.5) is 0 Å². The Labute approximate surface area is 68.8 Å². The summed E-state index contributed by atoms with van der Waals surface area (Å²) in [5.41, 5.74) is -0.667. The molecule has 12 heavy (non-hydrogen) atoms. The Morgan fingerprint density at radius 2 is 2.00 bits per heavy atom. The molecule has 0 aromatic rings. The molecule has 0 fully saturated rings. The fourth-order valence-electron chi connectivity index (χ4n) is 0.507. The highest BCUT2D eigenvalue weighted by Gasteiger charge is 2.21. The number of esters is 1. The van der Waals surface area contributed by atoms with Gasteiger partial charge in [0, 0.05) is 7.11 Å². The molecule has 6 nitrogen and oxygen atoms in total. The van der Waals surface area contributed by atoms with Gasteiger partial charge in [0.1, 0.15) is 6.61 Å². The molecule has 0 amide bonds. The van der Waals surface area contributed by atoms with Crippen LogP contribution >= 0.6 is 0 Å². The quantitative estimate of drug-likeness (QED) is 0.199. The lowest BCUT2D eigenvalue weighted by Crippen LogP contribution is -2.28. The lowest BCUT2D eigenvalue weighted by molar-refractivity contribution is -0.134. The molecular formula is C6H9NO5. The van der Waals surface area contributed by atoms with Gasteiger partial charge in [0.2, 0.25) is 11.5 Å². The molecule has 0 aromatic heterocycles. The van der Waals surface area contributed by atoms with Gasteiger partial charge in [-0.05, 0) is 0 Å². The predicted octanol–water partition coefficient (Wildman–Crippen LogP) is -0.795. The fraction of sp³-hybridized carbons (Fsp3) is 0.500. The van der Waals surface area contributed by atoms with Crippen LogP contribution in [-0.4, -0.2) is 43.5 Å². The Morgan fingerprint density at radius 3 is 2.33 bits per heavy atom. The molecule has 0 spiro atoms. The fourth-order valence-corrected chi connectivity index (χ4v) is 0.507. The van der Waals surface area contributed by atoms with Gasteiger partial charge in [-0.1, -0.05) is 5.16 Å². The lowest BCUT2D eigenvalue weighted by atomic mass is 10.2. The summed E-state index contributed by atoms with van der Waals surface area (Å²) in [6.45, 7) is -0.325. The number of hydrogen-bond donors (Lipinski definition) is 1. The van der Waals surface area contributed by atoms with Crippen LogP contribution in [0.2, 0.25) is 0 Å². The van der Waals surface area contributed by atoms with E-state index in [-0.39, 0.29) is 6.61 Å². The first-order valence-electron chi connectivity index (χ1n) is 2.99. The number of nitrogens with zero attached hydrogens (tertiary/aromatic N) is 1. The lowest BCUT2D eigenvalue weighted by Gasteiger charge is -1.99. The van der Waals surface area contributed by atoms with Gasteiger partial charge in [-0.15, -0.1) is 0 Å². The number of carbonyl (C=O) groups is 2. The third kappa shape index (κ3) is 2.67. The molecule has 0 bridgehead atoms. The van der Waals surface area contributed by atoms with E-state index in [9.17, 15) is 9.59 Å². The van der Waals surface area contributed by atoms with Crippen molar-refractivity contribution in [3.05, 3.63) is 0 Å². The van der Waals surface area contributed by atoms with Crippen molar-refractivity contribution in [3.63, 3.8) is 0 Å². The van der Waals surface area contributed by atoms with E-state index in [2.05, 4.69) is 14.6 Å². The maximum atomic E-state index is 10.9. The monoisotopic (exact) mass is 175 g/mol. The van der Waals surface area contributed by atoms with Gasteiger partial charge < -0.3 is 14.7 Å². The van der Waals surface area contributed by atoms with Gasteiger partial charge in [0.15, 0.2) is 0 Å². The first-order chi connectivity index (χ1) is 5.67. The highest BCUT2D eigenvalue weighted by atomic mass is 16.5. The summed E-state index contributed by atoms with van der Waals surface area (Å²) < 4.78 is 8.60. The molecule has 1 N–H and O–H groups in total. The Kier molecular flexibility index (Phi) is 4.62. The number of rotatable bonds is 4. The molecular weight excluding hydrogens is 166 g/mol. The Hall–Kier alpha value is -1.43. The molecule has 0 aliphatic rings. The van der Waals surface area contributed by atoms with Gasteiger partial charge in [-0.3, -0.25) is 4.79 Å². The van der Waals surface area contributed by atoms with E-state index in [4.69, 9.17) is 5.21 Å². The van der Waals surface area contributed by atoms with Crippen LogP contribution in [0.5, 0.6) is 0 Å². The summed E-state index contributed by atoms with van der Waals surface area (Å²) in [4.78, 5) is 21.5. The van der Waals surface area contributed by atoms with Gasteiger partial charge in [-0.2, -0.15) is 0 Å². The maximum Gasteiger partial charge on any atom is 0.363 e. The molecule has 0 radical (unpaired) electrons. The number of Topliss-reactive ketones (excluding diaryl/α,β-unsaturated/α-hetero) is 1. The number of carbonyl (C=O) groups excluding carboxylic acids is 2. The maximum absolute atomic E-state index is 10.9. The third-order valence-electron chi connectivity index (χ3n) is 1.02. The van der Waals surface area contributed by atoms with Crippen LogP contribution in [-0.2, 0) is 19.1 Å². The van der Waals surface area contributed by atoms with E-state index in [1.165, 1.54) is 7.11 Å². The topological polar surface area (TPSA) is 85.2 Å². The zero-order valence-corrected chi connectivity index (χ0v) is 6.73. The number of ketones is 1. The molecule has 6 heteroatoms. The summed E-state index contributed by atoms with van der Waals surface area (Å²) in [6, 6.07) is 0. The van der Waals surface area contributed by atoms with Crippen molar-refractivity contribution in [2.75, 3.05) is 20.8 Å². The molecule has 0 aliphatic heterocycles. The summed E-state index contributed by atoms with van der Waals surface area (Å²) in [5, 5.41) is 10.7. The second-order valence-electron chi connectivity index (χ2n) is 1.80. The normalized spacial score (nSPS) is 11.0.